The summed E-state index contributed by atoms with van der Waals surface area (Å²) in [6.07, 6.45) is 3.22. The number of nitrogens with one attached hydrogen (secondary N) is 1. The first kappa shape index (κ1) is 12.4. The summed E-state index contributed by atoms with van der Waals surface area (Å²) in [5.41, 5.74) is 0.942. The Bertz CT molecular complexity index is 546. The molecule has 0 aliphatic heterocycles. The number of benzene rings is 1. The van der Waals surface area contributed by atoms with E-state index in [0.717, 1.165) is 17.7 Å². The van der Waals surface area contributed by atoms with Crippen molar-refractivity contribution in [2.75, 3.05) is 7.05 Å². The summed E-state index contributed by atoms with van der Waals surface area (Å²) in [7, 11) is 1.82. The van der Waals surface area contributed by atoms with E-state index in [9.17, 15) is 8.78 Å². The second kappa shape index (κ2) is 5.55. The molecule has 2 rings (SSSR count). The molecule has 0 radical (unpaired) electrons. The highest BCUT2D eigenvalue weighted by Gasteiger charge is 2.05. The molecule has 2 aromatic rings. The minimum atomic E-state index is -0.938. The summed E-state index contributed by atoms with van der Waals surface area (Å²) in [5.74, 6) is -1.12. The van der Waals surface area contributed by atoms with Crippen LogP contribution in [0.1, 0.15) is 5.56 Å². The molecule has 0 amide bonds. The van der Waals surface area contributed by atoms with E-state index < -0.39 is 11.6 Å². The first-order valence-corrected chi connectivity index (χ1v) is 5.40. The third kappa shape index (κ3) is 3.01. The second-order valence-electron chi connectivity index (χ2n) is 3.74. The molecule has 0 aliphatic rings. The number of halogens is 2. The first-order valence-electron chi connectivity index (χ1n) is 5.40. The lowest BCUT2D eigenvalue weighted by molar-refractivity contribution is 0.459. The summed E-state index contributed by atoms with van der Waals surface area (Å²) < 4.78 is 31.2. The molecule has 0 unspecified atom stereocenters. The van der Waals surface area contributed by atoms with Gasteiger partial charge in [-0.05, 0) is 30.8 Å². The average molecular weight is 250 g/mol. The third-order valence-corrected chi connectivity index (χ3v) is 2.28. The standard InChI is InChI=1S/C13H12F2N2O/c1-16-6-9-4-11(8-17-7-9)18-10-2-3-12(14)13(15)5-10/h2-5,7-8,16H,6H2,1H3. The van der Waals surface area contributed by atoms with E-state index >= 15 is 0 Å². The fourth-order valence-electron chi connectivity index (χ4n) is 1.50. The van der Waals surface area contributed by atoms with Crippen LogP contribution in [0.4, 0.5) is 8.78 Å². The van der Waals surface area contributed by atoms with Gasteiger partial charge in [-0.1, -0.05) is 0 Å². The smallest absolute Gasteiger partial charge is 0.162 e. The van der Waals surface area contributed by atoms with E-state index in [1.54, 1.807) is 12.3 Å². The number of pyridine rings is 1. The van der Waals surface area contributed by atoms with Crippen LogP contribution < -0.4 is 10.1 Å². The molecule has 1 aromatic heterocycles. The van der Waals surface area contributed by atoms with Crippen LogP contribution in [0.15, 0.2) is 36.7 Å². The molecular formula is C13H12F2N2O. The quantitative estimate of drug-likeness (QED) is 0.906. The van der Waals surface area contributed by atoms with Gasteiger partial charge in [-0.15, -0.1) is 0 Å². The molecule has 94 valence electrons. The second-order valence-corrected chi connectivity index (χ2v) is 3.74. The van der Waals surface area contributed by atoms with Gasteiger partial charge in [0.1, 0.15) is 11.5 Å². The van der Waals surface area contributed by atoms with Gasteiger partial charge in [-0.3, -0.25) is 4.98 Å². The van der Waals surface area contributed by atoms with Crippen LogP contribution in [-0.2, 0) is 6.54 Å². The van der Waals surface area contributed by atoms with Crippen LogP contribution in [0.25, 0.3) is 0 Å². The maximum absolute atomic E-state index is 13.0. The summed E-state index contributed by atoms with van der Waals surface area (Å²) in [6, 6.07) is 5.17. The van der Waals surface area contributed by atoms with Gasteiger partial charge in [-0.25, -0.2) is 8.78 Å². The van der Waals surface area contributed by atoms with Crippen LogP contribution in [0.3, 0.4) is 0 Å². The van der Waals surface area contributed by atoms with Crippen molar-refractivity contribution >= 4 is 0 Å². The van der Waals surface area contributed by atoms with Crippen molar-refractivity contribution in [3.05, 3.63) is 53.9 Å². The minimum absolute atomic E-state index is 0.234. The largest absolute Gasteiger partial charge is 0.456 e. The molecule has 18 heavy (non-hydrogen) atoms. The van der Waals surface area contributed by atoms with E-state index in [1.807, 2.05) is 7.05 Å². The Hall–Kier alpha value is -2.01. The Morgan fingerprint density at radius 2 is 1.94 bits per heavy atom. The molecule has 0 spiro atoms. The highest BCUT2D eigenvalue weighted by atomic mass is 19.2. The molecule has 0 aliphatic carbocycles. The lowest BCUT2D eigenvalue weighted by Gasteiger charge is -2.07. The predicted molar refractivity (Wildman–Crippen MR) is 63.4 cm³/mol. The fourth-order valence-corrected chi connectivity index (χ4v) is 1.50. The van der Waals surface area contributed by atoms with Gasteiger partial charge in [0.15, 0.2) is 11.6 Å². The number of ether oxygens (including phenoxy) is 1. The van der Waals surface area contributed by atoms with Crippen molar-refractivity contribution in [3.8, 4) is 11.5 Å². The van der Waals surface area contributed by atoms with E-state index in [-0.39, 0.29) is 5.75 Å². The monoisotopic (exact) mass is 250 g/mol. The molecule has 1 N–H and O–H groups in total. The van der Waals surface area contributed by atoms with Crippen molar-refractivity contribution in [2.24, 2.45) is 0 Å². The SMILES string of the molecule is CNCc1cncc(Oc2ccc(F)c(F)c2)c1. The van der Waals surface area contributed by atoms with Crippen molar-refractivity contribution in [1.29, 1.82) is 0 Å². The molecular weight excluding hydrogens is 238 g/mol. The minimum Gasteiger partial charge on any atom is -0.456 e. The Kier molecular flexibility index (Phi) is 3.84. The molecule has 0 saturated carbocycles. The molecule has 0 saturated heterocycles. The van der Waals surface area contributed by atoms with Crippen LogP contribution in [-0.4, -0.2) is 12.0 Å². The van der Waals surface area contributed by atoms with Crippen LogP contribution in [0.2, 0.25) is 0 Å². The van der Waals surface area contributed by atoms with E-state index in [0.29, 0.717) is 12.3 Å². The van der Waals surface area contributed by atoms with Crippen molar-refractivity contribution in [2.45, 2.75) is 6.54 Å². The number of hydrogen-bond acceptors (Lipinski definition) is 3. The Balaban J connectivity index is 2.17. The number of nitrogens with zero attached hydrogens (tertiary/aromatic N) is 1. The van der Waals surface area contributed by atoms with Crippen LogP contribution in [0, 0.1) is 11.6 Å². The molecule has 5 heteroatoms. The molecule has 0 bridgehead atoms. The zero-order chi connectivity index (χ0) is 13.0. The van der Waals surface area contributed by atoms with E-state index in [1.165, 1.54) is 12.3 Å². The summed E-state index contributed by atoms with van der Waals surface area (Å²) in [5, 5.41) is 2.99. The van der Waals surface area contributed by atoms with Crippen LogP contribution >= 0.6 is 0 Å². The van der Waals surface area contributed by atoms with Crippen molar-refractivity contribution in [3.63, 3.8) is 0 Å². The highest BCUT2D eigenvalue weighted by molar-refractivity contribution is 5.31. The molecule has 0 fully saturated rings. The highest BCUT2D eigenvalue weighted by Crippen LogP contribution is 2.23. The van der Waals surface area contributed by atoms with Gasteiger partial charge in [0.05, 0.1) is 6.20 Å². The van der Waals surface area contributed by atoms with Gasteiger partial charge in [0.25, 0.3) is 0 Å². The van der Waals surface area contributed by atoms with Gasteiger partial charge in [-0.2, -0.15) is 0 Å². The lowest BCUT2D eigenvalue weighted by Crippen LogP contribution is -2.05. The van der Waals surface area contributed by atoms with Crippen molar-refractivity contribution < 1.29 is 13.5 Å². The molecule has 1 aromatic carbocycles. The number of aromatic nitrogens is 1. The lowest BCUT2D eigenvalue weighted by atomic mass is 10.2. The summed E-state index contributed by atoms with van der Waals surface area (Å²) >= 11 is 0. The Morgan fingerprint density at radius 3 is 2.67 bits per heavy atom. The third-order valence-electron chi connectivity index (χ3n) is 2.28. The van der Waals surface area contributed by atoms with E-state index in [4.69, 9.17) is 4.74 Å². The van der Waals surface area contributed by atoms with Gasteiger partial charge >= 0.3 is 0 Å². The summed E-state index contributed by atoms with van der Waals surface area (Å²) in [4.78, 5) is 4.01. The molecule has 0 atom stereocenters. The number of rotatable bonds is 4. The van der Waals surface area contributed by atoms with Crippen molar-refractivity contribution in [1.82, 2.24) is 10.3 Å². The zero-order valence-corrected chi connectivity index (χ0v) is 9.78. The normalized spacial score (nSPS) is 10.4. The van der Waals surface area contributed by atoms with Gasteiger partial charge < -0.3 is 10.1 Å². The zero-order valence-electron chi connectivity index (χ0n) is 9.78. The fraction of sp³-hybridized carbons (Fsp3) is 0.154. The molecule has 3 nitrogen and oxygen atoms in total. The van der Waals surface area contributed by atoms with Gasteiger partial charge in [0, 0.05) is 18.8 Å². The Labute approximate surface area is 103 Å². The average Bonchev–Trinajstić information content (AvgIpc) is 2.35. The molecule has 1 heterocycles. The number of hydrogen-bond donors (Lipinski definition) is 1. The summed E-state index contributed by atoms with van der Waals surface area (Å²) in [6.45, 7) is 0.655. The predicted octanol–water partition coefficient (Wildman–Crippen LogP) is 2.87. The van der Waals surface area contributed by atoms with E-state index in [2.05, 4.69) is 10.3 Å². The maximum atomic E-state index is 13.0. The van der Waals surface area contributed by atoms with Gasteiger partial charge in [0.2, 0.25) is 0 Å². The first-order chi connectivity index (χ1) is 8.69. The Morgan fingerprint density at radius 1 is 1.11 bits per heavy atom. The topological polar surface area (TPSA) is 34.2 Å². The maximum Gasteiger partial charge on any atom is 0.162 e. The van der Waals surface area contributed by atoms with Crippen LogP contribution in [0.5, 0.6) is 11.5 Å².